The molecule has 0 bridgehead atoms. The van der Waals surface area contributed by atoms with Gasteiger partial charge in [-0.1, -0.05) is 51.5 Å². The lowest BCUT2D eigenvalue weighted by molar-refractivity contribution is -0.123. The van der Waals surface area contributed by atoms with Gasteiger partial charge in [0.25, 0.3) is 0 Å². The second kappa shape index (κ2) is 7.40. The van der Waals surface area contributed by atoms with Crippen LogP contribution >= 0.6 is 12.4 Å². The van der Waals surface area contributed by atoms with Gasteiger partial charge >= 0.3 is 0 Å². The van der Waals surface area contributed by atoms with Crippen LogP contribution < -0.4 is 10.6 Å². The summed E-state index contributed by atoms with van der Waals surface area (Å²) in [6.45, 7) is 9.74. The van der Waals surface area contributed by atoms with E-state index < -0.39 is 0 Å². The van der Waals surface area contributed by atoms with Crippen LogP contribution in [0.2, 0.25) is 0 Å². The Hall–Kier alpha value is -1.06. The first-order valence-electron chi connectivity index (χ1n) is 10.4. The molecule has 150 valence electrons. The van der Waals surface area contributed by atoms with Crippen molar-refractivity contribution in [3.05, 3.63) is 35.4 Å². The molecule has 4 rings (SSSR count). The number of rotatable bonds is 4. The zero-order valence-electron chi connectivity index (χ0n) is 17.1. The monoisotopic (exact) mass is 390 g/mol. The van der Waals surface area contributed by atoms with Gasteiger partial charge in [-0.3, -0.25) is 4.79 Å². The van der Waals surface area contributed by atoms with Crippen molar-refractivity contribution in [3.8, 4) is 0 Å². The lowest BCUT2D eigenvalue weighted by Gasteiger charge is -2.43. The van der Waals surface area contributed by atoms with Crippen LogP contribution in [0, 0.1) is 11.3 Å². The molecule has 1 spiro atoms. The highest BCUT2D eigenvalue weighted by atomic mass is 35.5. The highest BCUT2D eigenvalue weighted by Gasteiger charge is 2.57. The van der Waals surface area contributed by atoms with Crippen molar-refractivity contribution in [2.45, 2.75) is 70.1 Å². The zero-order valence-corrected chi connectivity index (χ0v) is 17.9. The number of amides is 1. The van der Waals surface area contributed by atoms with Gasteiger partial charge in [-0.2, -0.15) is 0 Å². The molecule has 1 aromatic carbocycles. The topological polar surface area (TPSA) is 41.1 Å². The molecule has 2 saturated carbocycles. The van der Waals surface area contributed by atoms with Crippen molar-refractivity contribution in [3.63, 3.8) is 0 Å². The van der Waals surface area contributed by atoms with E-state index in [2.05, 4.69) is 55.7 Å². The lowest BCUT2D eigenvalue weighted by atomic mass is 9.64. The van der Waals surface area contributed by atoms with Gasteiger partial charge in [0, 0.05) is 17.9 Å². The molecule has 0 aromatic heterocycles. The van der Waals surface area contributed by atoms with Gasteiger partial charge in [-0.05, 0) is 67.2 Å². The van der Waals surface area contributed by atoms with Crippen molar-refractivity contribution >= 4 is 18.3 Å². The predicted octanol–water partition coefficient (Wildman–Crippen LogP) is 4.33. The first-order chi connectivity index (χ1) is 12.3. The van der Waals surface area contributed by atoms with Crippen LogP contribution in [0.3, 0.4) is 0 Å². The highest BCUT2D eigenvalue weighted by molar-refractivity contribution is 5.85. The Morgan fingerprint density at radius 3 is 2.26 bits per heavy atom. The Morgan fingerprint density at radius 1 is 1.11 bits per heavy atom. The van der Waals surface area contributed by atoms with Crippen LogP contribution in [0.1, 0.15) is 70.4 Å². The molecule has 1 amide bonds. The van der Waals surface area contributed by atoms with Gasteiger partial charge in [0.2, 0.25) is 5.91 Å². The average Bonchev–Trinajstić information content (AvgIpc) is 3.27. The number of halogens is 1. The van der Waals surface area contributed by atoms with E-state index in [0.29, 0.717) is 11.3 Å². The second-order valence-electron chi connectivity index (χ2n) is 10.0. The molecule has 1 aromatic rings. The highest BCUT2D eigenvalue weighted by Crippen LogP contribution is 2.58. The van der Waals surface area contributed by atoms with Crippen LogP contribution in [0.25, 0.3) is 0 Å². The molecule has 1 heterocycles. The fraction of sp³-hybridized carbons (Fsp3) is 0.696. The van der Waals surface area contributed by atoms with Crippen LogP contribution in [0.15, 0.2) is 24.3 Å². The largest absolute Gasteiger partial charge is 0.355 e. The van der Waals surface area contributed by atoms with E-state index in [1.165, 1.54) is 43.2 Å². The third-order valence-electron chi connectivity index (χ3n) is 7.38. The van der Waals surface area contributed by atoms with Gasteiger partial charge in [0.15, 0.2) is 0 Å². The molecular weight excluding hydrogens is 356 g/mol. The maximum atomic E-state index is 12.8. The normalized spacial score (nSPS) is 25.2. The smallest absolute Gasteiger partial charge is 0.223 e. The molecular formula is C23H35ClN2O. The SMILES string of the molecule is CC(C)(C)c1ccc(C2(CNC(=O)C3CC34CCNCC4)CCC2)cc1.Cl. The standard InChI is InChI=1S/C23H34N2O.ClH/c1-21(2,3)17-5-7-18(8-6-17)23(9-4-10-23)16-25-20(26)19-15-22(19)11-13-24-14-12-22;/h5-8,19,24H,4,9-16H2,1-3H3,(H,25,26);1H. The summed E-state index contributed by atoms with van der Waals surface area (Å²) in [6.07, 6.45) is 7.11. The molecule has 3 nitrogen and oxygen atoms in total. The van der Waals surface area contributed by atoms with E-state index in [9.17, 15) is 4.79 Å². The van der Waals surface area contributed by atoms with E-state index in [1.807, 2.05) is 0 Å². The summed E-state index contributed by atoms with van der Waals surface area (Å²) < 4.78 is 0. The van der Waals surface area contributed by atoms with E-state index in [4.69, 9.17) is 0 Å². The van der Waals surface area contributed by atoms with E-state index >= 15 is 0 Å². The van der Waals surface area contributed by atoms with E-state index in [-0.39, 0.29) is 29.2 Å². The maximum Gasteiger partial charge on any atom is 0.223 e. The van der Waals surface area contributed by atoms with Crippen LogP contribution in [-0.4, -0.2) is 25.5 Å². The Kier molecular flexibility index (Phi) is 5.67. The molecule has 4 heteroatoms. The first-order valence-corrected chi connectivity index (χ1v) is 10.4. The zero-order chi connectivity index (χ0) is 18.4. The van der Waals surface area contributed by atoms with Crippen molar-refractivity contribution in [1.29, 1.82) is 0 Å². The fourth-order valence-corrected chi connectivity index (χ4v) is 5.07. The average molecular weight is 391 g/mol. The molecule has 1 aliphatic heterocycles. The Morgan fingerprint density at radius 2 is 1.74 bits per heavy atom. The van der Waals surface area contributed by atoms with Crippen molar-refractivity contribution < 1.29 is 4.79 Å². The van der Waals surface area contributed by atoms with Gasteiger partial charge in [0.05, 0.1) is 0 Å². The number of piperidine rings is 1. The van der Waals surface area contributed by atoms with Gasteiger partial charge in [-0.15, -0.1) is 12.4 Å². The molecule has 3 aliphatic rings. The van der Waals surface area contributed by atoms with Gasteiger partial charge < -0.3 is 10.6 Å². The molecule has 27 heavy (non-hydrogen) atoms. The van der Waals surface area contributed by atoms with E-state index in [0.717, 1.165) is 26.1 Å². The Bertz CT molecular complexity index is 667. The third kappa shape index (κ3) is 3.91. The Balaban J connectivity index is 0.00000210. The molecule has 2 aliphatic carbocycles. The minimum atomic E-state index is 0. The predicted molar refractivity (Wildman–Crippen MR) is 114 cm³/mol. The fourth-order valence-electron chi connectivity index (χ4n) is 5.07. The summed E-state index contributed by atoms with van der Waals surface area (Å²) in [5, 5.41) is 6.76. The first kappa shape index (κ1) is 20.7. The number of carbonyl (C=O) groups is 1. The quantitative estimate of drug-likeness (QED) is 0.803. The number of benzene rings is 1. The Labute approximate surface area is 170 Å². The summed E-state index contributed by atoms with van der Waals surface area (Å²) in [6, 6.07) is 9.17. The third-order valence-corrected chi connectivity index (χ3v) is 7.38. The van der Waals surface area contributed by atoms with Crippen molar-refractivity contribution in [1.82, 2.24) is 10.6 Å². The van der Waals surface area contributed by atoms with Crippen molar-refractivity contribution in [2.24, 2.45) is 11.3 Å². The summed E-state index contributed by atoms with van der Waals surface area (Å²) in [7, 11) is 0. The maximum absolute atomic E-state index is 12.8. The van der Waals surface area contributed by atoms with Crippen LogP contribution in [-0.2, 0) is 15.6 Å². The molecule has 0 radical (unpaired) electrons. The molecule has 2 N–H and O–H groups in total. The number of hydrogen-bond acceptors (Lipinski definition) is 2. The van der Waals surface area contributed by atoms with Crippen LogP contribution in [0.5, 0.6) is 0 Å². The molecule has 1 unspecified atom stereocenters. The lowest BCUT2D eigenvalue weighted by Crippen LogP contribution is -2.46. The van der Waals surface area contributed by atoms with Gasteiger partial charge in [-0.25, -0.2) is 0 Å². The van der Waals surface area contributed by atoms with Crippen molar-refractivity contribution in [2.75, 3.05) is 19.6 Å². The molecule has 1 saturated heterocycles. The van der Waals surface area contributed by atoms with Crippen LogP contribution in [0.4, 0.5) is 0 Å². The minimum Gasteiger partial charge on any atom is -0.355 e. The number of nitrogens with one attached hydrogen (secondary N) is 2. The van der Waals surface area contributed by atoms with Gasteiger partial charge in [0.1, 0.15) is 0 Å². The van der Waals surface area contributed by atoms with E-state index in [1.54, 1.807) is 0 Å². The minimum absolute atomic E-state index is 0. The number of carbonyl (C=O) groups excluding carboxylic acids is 1. The summed E-state index contributed by atoms with van der Waals surface area (Å²) in [5.41, 5.74) is 3.47. The molecule has 3 fully saturated rings. The number of hydrogen-bond donors (Lipinski definition) is 2. The second-order valence-corrected chi connectivity index (χ2v) is 10.0. The summed E-state index contributed by atoms with van der Waals surface area (Å²) >= 11 is 0. The summed E-state index contributed by atoms with van der Waals surface area (Å²) in [5.74, 6) is 0.578. The molecule has 1 atom stereocenters. The summed E-state index contributed by atoms with van der Waals surface area (Å²) in [4.78, 5) is 12.8.